The summed E-state index contributed by atoms with van der Waals surface area (Å²) in [5.74, 6) is 1.12. The number of carbonyl (C=O) groups excluding carboxylic acids is 1. The summed E-state index contributed by atoms with van der Waals surface area (Å²) < 4.78 is 19.7. The molecule has 3 atom stereocenters. The molecule has 1 aliphatic rings. The summed E-state index contributed by atoms with van der Waals surface area (Å²) in [7, 11) is 3.94. The molecule has 2 rings (SSSR count). The van der Waals surface area contributed by atoms with Gasteiger partial charge in [0.15, 0.2) is 0 Å². The molecule has 4 nitrogen and oxygen atoms in total. The Labute approximate surface area is 163 Å². The van der Waals surface area contributed by atoms with E-state index in [4.69, 9.17) is 4.74 Å². The second-order valence-electron chi connectivity index (χ2n) is 8.24. The van der Waals surface area contributed by atoms with Gasteiger partial charge in [0.25, 0.3) is 0 Å². The average Bonchev–Trinajstić information content (AvgIpc) is 2.62. The molecule has 0 radical (unpaired) electrons. The van der Waals surface area contributed by atoms with Crippen LogP contribution in [-0.4, -0.2) is 44.8 Å². The molecular weight excluding hydrogens is 343 g/mol. The van der Waals surface area contributed by atoms with Gasteiger partial charge in [-0.25, -0.2) is 9.18 Å². The molecule has 0 aromatic heterocycles. The van der Waals surface area contributed by atoms with Gasteiger partial charge >= 0.3 is 6.09 Å². The van der Waals surface area contributed by atoms with Crippen molar-refractivity contribution in [2.24, 2.45) is 11.8 Å². The van der Waals surface area contributed by atoms with Crippen LogP contribution in [0, 0.1) is 31.5 Å². The van der Waals surface area contributed by atoms with E-state index >= 15 is 0 Å². The SMILES string of the molecule is CCC1CCC(COC(=O)NCCN(C)C)CC1c1cc(C)cc(F)c1C. The Bertz CT molecular complexity index is 633. The Morgan fingerprint density at radius 3 is 2.70 bits per heavy atom. The van der Waals surface area contributed by atoms with Gasteiger partial charge in [0.2, 0.25) is 0 Å². The summed E-state index contributed by atoms with van der Waals surface area (Å²) in [6.45, 7) is 7.86. The predicted molar refractivity (Wildman–Crippen MR) is 108 cm³/mol. The van der Waals surface area contributed by atoms with Crippen LogP contribution in [0.2, 0.25) is 0 Å². The molecule has 152 valence electrons. The molecule has 1 aliphatic carbocycles. The van der Waals surface area contributed by atoms with Crippen molar-refractivity contribution in [2.75, 3.05) is 33.8 Å². The summed E-state index contributed by atoms with van der Waals surface area (Å²) in [5, 5.41) is 2.79. The number of carbonyl (C=O) groups is 1. The first-order valence-corrected chi connectivity index (χ1v) is 10.1. The van der Waals surface area contributed by atoms with Crippen LogP contribution in [0.3, 0.4) is 0 Å². The second kappa shape index (κ2) is 10.1. The van der Waals surface area contributed by atoms with Gasteiger partial charge in [-0.2, -0.15) is 0 Å². The lowest BCUT2D eigenvalue weighted by atomic mass is 9.69. The van der Waals surface area contributed by atoms with Crippen molar-refractivity contribution in [3.8, 4) is 0 Å². The van der Waals surface area contributed by atoms with Crippen LogP contribution in [-0.2, 0) is 4.74 Å². The largest absolute Gasteiger partial charge is 0.449 e. The minimum atomic E-state index is -0.344. The number of rotatable bonds is 7. The predicted octanol–water partition coefficient (Wildman–Crippen LogP) is 4.64. The van der Waals surface area contributed by atoms with E-state index < -0.39 is 0 Å². The van der Waals surface area contributed by atoms with Crippen LogP contribution < -0.4 is 5.32 Å². The maximum Gasteiger partial charge on any atom is 0.407 e. The molecule has 0 spiro atoms. The van der Waals surface area contributed by atoms with Crippen molar-refractivity contribution in [2.45, 2.75) is 52.4 Å². The van der Waals surface area contributed by atoms with Crippen molar-refractivity contribution in [3.05, 3.63) is 34.6 Å². The highest BCUT2D eigenvalue weighted by Crippen LogP contribution is 2.43. The van der Waals surface area contributed by atoms with Crippen LogP contribution >= 0.6 is 0 Å². The summed E-state index contributed by atoms with van der Waals surface area (Å²) in [5.41, 5.74) is 2.88. The van der Waals surface area contributed by atoms with Crippen LogP contribution in [0.1, 0.15) is 55.2 Å². The molecule has 1 aromatic rings. The van der Waals surface area contributed by atoms with E-state index in [-0.39, 0.29) is 11.9 Å². The number of halogens is 1. The van der Waals surface area contributed by atoms with Gasteiger partial charge in [-0.15, -0.1) is 0 Å². The lowest BCUT2D eigenvalue weighted by Crippen LogP contribution is -2.33. The summed E-state index contributed by atoms with van der Waals surface area (Å²) in [6, 6.07) is 3.75. The Balaban J connectivity index is 1.97. The number of aryl methyl sites for hydroxylation is 1. The number of hydrogen-bond acceptors (Lipinski definition) is 3. The quantitative estimate of drug-likeness (QED) is 0.751. The summed E-state index contributed by atoms with van der Waals surface area (Å²) >= 11 is 0. The third-order valence-electron chi connectivity index (χ3n) is 5.83. The van der Waals surface area contributed by atoms with Gasteiger partial charge in [0.1, 0.15) is 5.82 Å². The Morgan fingerprint density at radius 1 is 1.30 bits per heavy atom. The highest BCUT2D eigenvalue weighted by atomic mass is 19.1. The monoisotopic (exact) mass is 378 g/mol. The zero-order valence-corrected chi connectivity index (χ0v) is 17.5. The smallest absolute Gasteiger partial charge is 0.407 e. The molecule has 0 heterocycles. The van der Waals surface area contributed by atoms with Gasteiger partial charge in [0.05, 0.1) is 6.61 Å². The number of nitrogens with zero attached hydrogens (tertiary/aromatic N) is 1. The van der Waals surface area contributed by atoms with Gasteiger partial charge in [0, 0.05) is 13.1 Å². The normalized spacial score (nSPS) is 22.7. The highest BCUT2D eigenvalue weighted by molar-refractivity contribution is 5.67. The van der Waals surface area contributed by atoms with Gasteiger partial charge in [-0.1, -0.05) is 19.4 Å². The maximum atomic E-state index is 14.3. The Kier molecular flexibility index (Phi) is 8.08. The molecule has 1 fully saturated rings. The van der Waals surface area contributed by atoms with E-state index in [0.29, 0.717) is 30.9 Å². The zero-order chi connectivity index (χ0) is 20.0. The Morgan fingerprint density at radius 2 is 2.04 bits per heavy atom. The summed E-state index contributed by atoms with van der Waals surface area (Å²) in [4.78, 5) is 13.9. The van der Waals surface area contributed by atoms with Crippen molar-refractivity contribution >= 4 is 6.09 Å². The molecule has 1 aromatic carbocycles. The zero-order valence-electron chi connectivity index (χ0n) is 17.5. The first-order valence-electron chi connectivity index (χ1n) is 10.1. The molecule has 0 aliphatic heterocycles. The minimum absolute atomic E-state index is 0.113. The molecule has 0 saturated heterocycles. The molecule has 3 unspecified atom stereocenters. The molecule has 27 heavy (non-hydrogen) atoms. The number of hydrogen-bond donors (Lipinski definition) is 1. The van der Waals surface area contributed by atoms with Crippen LogP contribution in [0.4, 0.5) is 9.18 Å². The van der Waals surface area contributed by atoms with E-state index in [0.717, 1.165) is 48.9 Å². The van der Waals surface area contributed by atoms with Crippen molar-refractivity contribution < 1.29 is 13.9 Å². The van der Waals surface area contributed by atoms with Crippen LogP contribution in [0.15, 0.2) is 12.1 Å². The lowest BCUT2D eigenvalue weighted by molar-refractivity contribution is 0.101. The fraction of sp³-hybridized carbons (Fsp3) is 0.682. The van der Waals surface area contributed by atoms with Crippen molar-refractivity contribution in [3.63, 3.8) is 0 Å². The standard InChI is InChI=1S/C22H35FN2O2/c1-6-18-8-7-17(14-27-22(26)24-9-10-25(4)5)13-20(18)19-11-15(2)12-21(23)16(19)3/h11-12,17-18,20H,6-10,13-14H2,1-5H3,(H,24,26). The summed E-state index contributed by atoms with van der Waals surface area (Å²) in [6.07, 6.45) is 3.87. The third kappa shape index (κ3) is 6.20. The van der Waals surface area contributed by atoms with E-state index in [1.54, 1.807) is 6.07 Å². The van der Waals surface area contributed by atoms with Gasteiger partial charge < -0.3 is 15.0 Å². The fourth-order valence-corrected chi connectivity index (χ4v) is 4.19. The second-order valence-corrected chi connectivity index (χ2v) is 8.24. The molecule has 1 amide bonds. The fourth-order valence-electron chi connectivity index (χ4n) is 4.19. The molecule has 0 bridgehead atoms. The molecule has 5 heteroatoms. The average molecular weight is 379 g/mol. The maximum absolute atomic E-state index is 14.3. The van der Waals surface area contributed by atoms with E-state index in [2.05, 4.69) is 18.3 Å². The number of amides is 1. The first kappa shape index (κ1) is 21.7. The van der Waals surface area contributed by atoms with E-state index in [9.17, 15) is 9.18 Å². The van der Waals surface area contributed by atoms with Crippen molar-refractivity contribution in [1.29, 1.82) is 0 Å². The number of nitrogens with one attached hydrogen (secondary N) is 1. The van der Waals surface area contributed by atoms with Crippen molar-refractivity contribution in [1.82, 2.24) is 10.2 Å². The molecule has 1 N–H and O–H groups in total. The number of benzene rings is 1. The highest BCUT2D eigenvalue weighted by Gasteiger charge is 2.32. The first-order chi connectivity index (χ1) is 12.8. The van der Waals surface area contributed by atoms with E-state index in [1.807, 2.05) is 32.8 Å². The number of likely N-dealkylation sites (N-methyl/N-ethyl adjacent to an activating group) is 1. The number of alkyl carbamates (subject to hydrolysis) is 1. The van der Waals surface area contributed by atoms with Gasteiger partial charge in [-0.3, -0.25) is 0 Å². The number of ether oxygens (including phenoxy) is 1. The van der Waals surface area contributed by atoms with Gasteiger partial charge in [-0.05, 0) is 87.7 Å². The Hall–Kier alpha value is -1.62. The third-order valence-corrected chi connectivity index (χ3v) is 5.83. The molecule has 1 saturated carbocycles. The minimum Gasteiger partial charge on any atom is -0.449 e. The topological polar surface area (TPSA) is 41.6 Å². The van der Waals surface area contributed by atoms with Crippen LogP contribution in [0.25, 0.3) is 0 Å². The molecular formula is C22H35FN2O2. The van der Waals surface area contributed by atoms with Crippen LogP contribution in [0.5, 0.6) is 0 Å². The van der Waals surface area contributed by atoms with E-state index in [1.165, 1.54) is 0 Å². The lowest BCUT2D eigenvalue weighted by Gasteiger charge is -2.37.